The van der Waals surface area contributed by atoms with Crippen LogP contribution in [0.1, 0.15) is 27.7 Å². The van der Waals surface area contributed by atoms with Gasteiger partial charge in [-0.1, -0.05) is 13.8 Å². The largest absolute Gasteiger partial charge is 0.290 e. The van der Waals surface area contributed by atoms with Crippen LogP contribution in [0.4, 0.5) is 0 Å². The third kappa shape index (κ3) is 7.27. The maximum atomic E-state index is 11.4. The average Bonchev–Trinajstić information content (AvgIpc) is 2.03. The standard InChI is InChI=1S/C11H18OS2/c1-5-13-9(3)7-11(12)8-10(4)14-6-2/h7-8H,5-6H2,1-4H3. The fourth-order valence-electron chi connectivity index (χ4n) is 0.981. The quantitative estimate of drug-likeness (QED) is 0.645. The molecule has 0 aliphatic carbocycles. The zero-order valence-electron chi connectivity index (χ0n) is 9.29. The minimum atomic E-state index is 0.0990. The maximum absolute atomic E-state index is 11.4. The van der Waals surface area contributed by atoms with E-state index in [0.717, 1.165) is 21.3 Å². The SMILES string of the molecule is CCSC(C)=CC(=O)C=C(C)SCC. The molecular formula is C11H18OS2. The molecule has 0 unspecified atom stereocenters. The van der Waals surface area contributed by atoms with Crippen LogP contribution in [0.5, 0.6) is 0 Å². The fraction of sp³-hybridized carbons (Fsp3) is 0.545. The molecule has 0 aromatic heterocycles. The molecule has 0 saturated heterocycles. The number of thioether (sulfide) groups is 2. The first-order chi connectivity index (χ1) is 6.60. The average molecular weight is 230 g/mol. The molecule has 0 heterocycles. The minimum Gasteiger partial charge on any atom is -0.290 e. The zero-order chi connectivity index (χ0) is 11.0. The first-order valence-electron chi connectivity index (χ1n) is 4.76. The van der Waals surface area contributed by atoms with Crippen molar-refractivity contribution in [3.05, 3.63) is 22.0 Å². The summed E-state index contributed by atoms with van der Waals surface area (Å²) in [5, 5.41) is 0. The molecule has 0 radical (unpaired) electrons. The summed E-state index contributed by atoms with van der Waals surface area (Å²) in [6, 6.07) is 0. The molecule has 0 aromatic rings. The Bertz CT molecular complexity index is 218. The van der Waals surface area contributed by atoms with Crippen molar-refractivity contribution in [3.63, 3.8) is 0 Å². The number of hydrogen-bond donors (Lipinski definition) is 0. The van der Waals surface area contributed by atoms with E-state index in [4.69, 9.17) is 0 Å². The highest BCUT2D eigenvalue weighted by atomic mass is 32.2. The van der Waals surface area contributed by atoms with Gasteiger partial charge in [0.15, 0.2) is 5.78 Å². The van der Waals surface area contributed by atoms with Gasteiger partial charge < -0.3 is 0 Å². The van der Waals surface area contributed by atoms with Crippen LogP contribution in [-0.4, -0.2) is 17.3 Å². The molecular weight excluding hydrogens is 212 g/mol. The van der Waals surface area contributed by atoms with Gasteiger partial charge in [-0.15, -0.1) is 23.5 Å². The normalized spacial score (nSPS) is 13.1. The van der Waals surface area contributed by atoms with E-state index in [1.165, 1.54) is 0 Å². The third-order valence-corrected chi connectivity index (χ3v) is 3.16. The van der Waals surface area contributed by atoms with Gasteiger partial charge in [-0.3, -0.25) is 4.79 Å². The number of rotatable bonds is 6. The van der Waals surface area contributed by atoms with Gasteiger partial charge in [-0.05, 0) is 47.3 Å². The molecule has 0 fully saturated rings. The molecule has 0 aromatic carbocycles. The molecule has 0 rings (SSSR count). The lowest BCUT2D eigenvalue weighted by molar-refractivity contribution is -0.110. The summed E-state index contributed by atoms with van der Waals surface area (Å²) >= 11 is 3.41. The summed E-state index contributed by atoms with van der Waals surface area (Å²) < 4.78 is 0. The predicted molar refractivity (Wildman–Crippen MR) is 68.8 cm³/mol. The van der Waals surface area contributed by atoms with Crippen LogP contribution in [-0.2, 0) is 4.79 Å². The second-order valence-electron chi connectivity index (χ2n) is 2.78. The fourth-order valence-corrected chi connectivity index (χ4v) is 2.29. The van der Waals surface area contributed by atoms with Crippen LogP contribution >= 0.6 is 23.5 Å². The van der Waals surface area contributed by atoms with Crippen molar-refractivity contribution < 1.29 is 4.79 Å². The molecule has 80 valence electrons. The van der Waals surface area contributed by atoms with Crippen molar-refractivity contribution in [2.75, 3.05) is 11.5 Å². The smallest absolute Gasteiger partial charge is 0.180 e. The lowest BCUT2D eigenvalue weighted by atomic mass is 10.3. The summed E-state index contributed by atoms with van der Waals surface area (Å²) in [6.07, 6.45) is 3.40. The highest BCUT2D eigenvalue weighted by molar-refractivity contribution is 8.03. The van der Waals surface area contributed by atoms with Crippen molar-refractivity contribution in [1.82, 2.24) is 0 Å². The van der Waals surface area contributed by atoms with Gasteiger partial charge in [0.25, 0.3) is 0 Å². The van der Waals surface area contributed by atoms with Crippen LogP contribution < -0.4 is 0 Å². The molecule has 3 heteroatoms. The van der Waals surface area contributed by atoms with Gasteiger partial charge in [0.05, 0.1) is 0 Å². The molecule has 0 bridgehead atoms. The Morgan fingerprint density at radius 1 is 1.00 bits per heavy atom. The summed E-state index contributed by atoms with van der Waals surface area (Å²) in [5.74, 6) is 2.13. The monoisotopic (exact) mass is 230 g/mol. The highest BCUT2D eigenvalue weighted by Gasteiger charge is 1.96. The van der Waals surface area contributed by atoms with Gasteiger partial charge in [-0.25, -0.2) is 0 Å². The molecule has 0 aliphatic heterocycles. The molecule has 1 nitrogen and oxygen atoms in total. The Hall–Kier alpha value is -0.150. The van der Waals surface area contributed by atoms with Gasteiger partial charge in [0.2, 0.25) is 0 Å². The molecule has 0 atom stereocenters. The Kier molecular flexibility index (Phi) is 8.09. The van der Waals surface area contributed by atoms with E-state index in [-0.39, 0.29) is 5.78 Å². The van der Waals surface area contributed by atoms with Crippen LogP contribution in [0.3, 0.4) is 0 Å². The minimum absolute atomic E-state index is 0.0990. The van der Waals surface area contributed by atoms with Crippen molar-refractivity contribution in [3.8, 4) is 0 Å². The van der Waals surface area contributed by atoms with Crippen LogP contribution in [0, 0.1) is 0 Å². The zero-order valence-corrected chi connectivity index (χ0v) is 10.9. The molecule has 14 heavy (non-hydrogen) atoms. The van der Waals surface area contributed by atoms with Crippen molar-refractivity contribution in [2.45, 2.75) is 27.7 Å². The lowest BCUT2D eigenvalue weighted by Crippen LogP contribution is -1.88. The van der Waals surface area contributed by atoms with E-state index in [1.54, 1.807) is 35.7 Å². The van der Waals surface area contributed by atoms with Crippen molar-refractivity contribution in [1.29, 1.82) is 0 Å². The first-order valence-corrected chi connectivity index (χ1v) is 6.73. The van der Waals surface area contributed by atoms with E-state index in [1.807, 2.05) is 13.8 Å². The maximum Gasteiger partial charge on any atom is 0.180 e. The molecule has 0 N–H and O–H groups in total. The number of allylic oxidation sites excluding steroid dienone is 4. The Morgan fingerprint density at radius 3 is 1.64 bits per heavy atom. The first kappa shape index (κ1) is 13.8. The van der Waals surface area contributed by atoms with Gasteiger partial charge >= 0.3 is 0 Å². The number of carbonyl (C=O) groups is 1. The number of carbonyl (C=O) groups excluding carboxylic acids is 1. The summed E-state index contributed by atoms with van der Waals surface area (Å²) in [5.41, 5.74) is 0. The van der Waals surface area contributed by atoms with Crippen molar-refractivity contribution >= 4 is 29.3 Å². The molecule has 0 amide bonds. The van der Waals surface area contributed by atoms with E-state index >= 15 is 0 Å². The third-order valence-electron chi connectivity index (χ3n) is 1.44. The van der Waals surface area contributed by atoms with Gasteiger partial charge in [0.1, 0.15) is 0 Å². The Balaban J connectivity index is 4.21. The van der Waals surface area contributed by atoms with E-state index in [9.17, 15) is 4.79 Å². The Morgan fingerprint density at radius 2 is 1.36 bits per heavy atom. The highest BCUT2D eigenvalue weighted by Crippen LogP contribution is 2.16. The van der Waals surface area contributed by atoms with E-state index in [0.29, 0.717) is 0 Å². The molecule has 0 aliphatic rings. The van der Waals surface area contributed by atoms with Crippen LogP contribution in [0.25, 0.3) is 0 Å². The lowest BCUT2D eigenvalue weighted by Gasteiger charge is -1.97. The second kappa shape index (κ2) is 8.18. The van der Waals surface area contributed by atoms with Crippen molar-refractivity contribution in [2.24, 2.45) is 0 Å². The number of hydrogen-bond acceptors (Lipinski definition) is 3. The van der Waals surface area contributed by atoms with Gasteiger partial charge in [0, 0.05) is 0 Å². The summed E-state index contributed by atoms with van der Waals surface area (Å²) in [7, 11) is 0. The van der Waals surface area contributed by atoms with E-state index < -0.39 is 0 Å². The van der Waals surface area contributed by atoms with E-state index in [2.05, 4.69) is 13.8 Å². The Labute approximate surface area is 95.4 Å². The molecule has 0 saturated carbocycles. The van der Waals surface area contributed by atoms with Crippen LogP contribution in [0.15, 0.2) is 22.0 Å². The second-order valence-corrected chi connectivity index (χ2v) is 5.80. The van der Waals surface area contributed by atoms with Crippen LogP contribution in [0.2, 0.25) is 0 Å². The summed E-state index contributed by atoms with van der Waals surface area (Å²) in [6.45, 7) is 8.12. The number of ketones is 1. The topological polar surface area (TPSA) is 17.1 Å². The summed E-state index contributed by atoms with van der Waals surface area (Å²) in [4.78, 5) is 13.6. The predicted octanol–water partition coefficient (Wildman–Crippen LogP) is 3.87. The van der Waals surface area contributed by atoms with Gasteiger partial charge in [-0.2, -0.15) is 0 Å². The molecule has 0 spiro atoms.